The van der Waals surface area contributed by atoms with E-state index in [1.165, 1.54) is 24.5 Å². The Balaban J connectivity index is 1.88. The predicted molar refractivity (Wildman–Crippen MR) is 83.6 cm³/mol. The van der Waals surface area contributed by atoms with Crippen molar-refractivity contribution >= 4 is 23.5 Å². The van der Waals surface area contributed by atoms with Gasteiger partial charge in [-0.1, -0.05) is 11.6 Å². The van der Waals surface area contributed by atoms with E-state index in [2.05, 4.69) is 10.3 Å². The normalized spacial score (nSPS) is 10.3. The zero-order valence-electron chi connectivity index (χ0n) is 12.5. The molecule has 0 atom stereocenters. The molecule has 2 N–H and O–H groups in total. The van der Waals surface area contributed by atoms with Gasteiger partial charge in [0.15, 0.2) is 5.69 Å². The molecule has 0 fully saturated rings. The van der Waals surface area contributed by atoms with Crippen molar-refractivity contribution in [1.82, 2.24) is 14.9 Å². The Kier molecular flexibility index (Phi) is 5.59. The minimum atomic E-state index is -0.484. The molecule has 0 radical (unpaired) electrons. The summed E-state index contributed by atoms with van der Waals surface area (Å²) in [6, 6.07) is 4.16. The molecular formula is C15H16ClN3O4. The number of carbonyl (C=O) groups is 2. The van der Waals surface area contributed by atoms with E-state index in [0.29, 0.717) is 13.1 Å². The summed E-state index contributed by atoms with van der Waals surface area (Å²) < 4.78 is 6.51. The number of esters is 1. The number of phenols is 1. The van der Waals surface area contributed by atoms with Crippen LogP contribution >= 0.6 is 11.6 Å². The van der Waals surface area contributed by atoms with Crippen LogP contribution in [0.15, 0.2) is 30.7 Å². The highest BCUT2D eigenvalue weighted by molar-refractivity contribution is 6.33. The van der Waals surface area contributed by atoms with Crippen LogP contribution in [0.25, 0.3) is 0 Å². The topological polar surface area (TPSA) is 93.5 Å². The molecule has 0 saturated carbocycles. The van der Waals surface area contributed by atoms with E-state index in [1.807, 2.05) is 0 Å². The highest BCUT2D eigenvalue weighted by Gasteiger charge is 2.12. The lowest BCUT2D eigenvalue weighted by atomic mass is 10.2. The standard InChI is InChI=1S/C15H16ClN3O4/c1-2-23-15(22)13-8-19(9-18-13)6-5-17-14(21)11-7-10(20)3-4-12(11)16/h3-4,7-9,20H,2,5-6H2,1H3,(H,17,21). The number of amides is 1. The van der Waals surface area contributed by atoms with Crippen LogP contribution < -0.4 is 5.32 Å². The minimum absolute atomic E-state index is 0.0340. The number of aromatic hydroxyl groups is 1. The molecule has 1 heterocycles. The lowest BCUT2D eigenvalue weighted by Gasteiger charge is -2.07. The molecule has 2 aromatic rings. The van der Waals surface area contributed by atoms with Crippen LogP contribution in [0.3, 0.4) is 0 Å². The van der Waals surface area contributed by atoms with Gasteiger partial charge in [0, 0.05) is 19.3 Å². The Morgan fingerprint density at radius 1 is 1.43 bits per heavy atom. The Morgan fingerprint density at radius 2 is 2.22 bits per heavy atom. The van der Waals surface area contributed by atoms with Gasteiger partial charge in [-0.15, -0.1) is 0 Å². The quantitative estimate of drug-likeness (QED) is 0.785. The SMILES string of the molecule is CCOC(=O)c1cn(CCNC(=O)c2cc(O)ccc2Cl)cn1. The van der Waals surface area contributed by atoms with Gasteiger partial charge in [0.25, 0.3) is 5.91 Å². The van der Waals surface area contributed by atoms with Crippen LogP contribution in [-0.4, -0.2) is 39.7 Å². The van der Waals surface area contributed by atoms with Crippen molar-refractivity contribution < 1.29 is 19.4 Å². The van der Waals surface area contributed by atoms with Crippen LogP contribution in [0.1, 0.15) is 27.8 Å². The number of hydrogen-bond donors (Lipinski definition) is 2. The maximum Gasteiger partial charge on any atom is 0.358 e. The number of nitrogens with one attached hydrogen (secondary N) is 1. The predicted octanol–water partition coefficient (Wildman–Crippen LogP) is 1.85. The third-order valence-corrected chi connectivity index (χ3v) is 3.30. The molecule has 0 spiro atoms. The number of benzene rings is 1. The third-order valence-electron chi connectivity index (χ3n) is 2.97. The molecule has 122 valence electrons. The number of rotatable bonds is 6. The van der Waals surface area contributed by atoms with E-state index in [9.17, 15) is 14.7 Å². The molecule has 1 aromatic heterocycles. The van der Waals surface area contributed by atoms with E-state index >= 15 is 0 Å². The molecule has 0 aliphatic carbocycles. The van der Waals surface area contributed by atoms with E-state index in [4.69, 9.17) is 16.3 Å². The van der Waals surface area contributed by atoms with Crippen molar-refractivity contribution in [3.8, 4) is 5.75 Å². The van der Waals surface area contributed by atoms with Crippen molar-refractivity contribution in [2.75, 3.05) is 13.2 Å². The largest absolute Gasteiger partial charge is 0.508 e. The zero-order chi connectivity index (χ0) is 16.8. The van der Waals surface area contributed by atoms with Gasteiger partial charge in [-0.05, 0) is 25.1 Å². The number of aromatic nitrogens is 2. The summed E-state index contributed by atoms with van der Waals surface area (Å²) in [5.41, 5.74) is 0.415. The summed E-state index contributed by atoms with van der Waals surface area (Å²) in [6.45, 7) is 2.74. The van der Waals surface area contributed by atoms with E-state index in [-0.39, 0.29) is 28.6 Å². The summed E-state index contributed by atoms with van der Waals surface area (Å²) >= 11 is 5.92. The van der Waals surface area contributed by atoms with E-state index in [1.54, 1.807) is 17.7 Å². The van der Waals surface area contributed by atoms with Gasteiger partial charge in [-0.3, -0.25) is 4.79 Å². The molecular weight excluding hydrogens is 322 g/mol. The number of imidazole rings is 1. The van der Waals surface area contributed by atoms with Crippen LogP contribution in [0.4, 0.5) is 0 Å². The molecule has 0 bridgehead atoms. The summed E-state index contributed by atoms with van der Waals surface area (Å²) in [4.78, 5) is 27.4. The van der Waals surface area contributed by atoms with Crippen LogP contribution in [0.5, 0.6) is 5.75 Å². The molecule has 0 saturated heterocycles. The maximum atomic E-state index is 12.0. The van der Waals surface area contributed by atoms with Crippen LogP contribution in [0, 0.1) is 0 Å². The fourth-order valence-corrected chi connectivity index (χ4v) is 2.08. The number of halogens is 1. The van der Waals surface area contributed by atoms with E-state index < -0.39 is 11.9 Å². The van der Waals surface area contributed by atoms with Crippen molar-refractivity contribution in [1.29, 1.82) is 0 Å². The van der Waals surface area contributed by atoms with Crippen LogP contribution in [-0.2, 0) is 11.3 Å². The second-order valence-electron chi connectivity index (χ2n) is 4.64. The number of ether oxygens (including phenoxy) is 1. The third kappa shape index (κ3) is 4.46. The first-order chi connectivity index (χ1) is 11.0. The minimum Gasteiger partial charge on any atom is -0.508 e. The first-order valence-electron chi connectivity index (χ1n) is 6.97. The van der Waals surface area contributed by atoms with Gasteiger partial charge < -0.3 is 19.7 Å². The lowest BCUT2D eigenvalue weighted by Crippen LogP contribution is -2.27. The van der Waals surface area contributed by atoms with Gasteiger partial charge in [0.2, 0.25) is 0 Å². The summed E-state index contributed by atoms with van der Waals surface area (Å²) in [7, 11) is 0. The highest BCUT2D eigenvalue weighted by atomic mass is 35.5. The first-order valence-corrected chi connectivity index (χ1v) is 7.34. The molecule has 1 aromatic carbocycles. The molecule has 23 heavy (non-hydrogen) atoms. The average molecular weight is 338 g/mol. The molecule has 8 heteroatoms. The first kappa shape index (κ1) is 16.8. The molecule has 0 aliphatic rings. The van der Waals surface area contributed by atoms with Gasteiger partial charge in [0.05, 0.1) is 23.5 Å². The molecule has 0 unspecified atom stereocenters. The zero-order valence-corrected chi connectivity index (χ0v) is 13.2. The second kappa shape index (κ2) is 7.64. The Hall–Kier alpha value is -2.54. The fourth-order valence-electron chi connectivity index (χ4n) is 1.87. The number of hydrogen-bond acceptors (Lipinski definition) is 5. The van der Waals surface area contributed by atoms with Crippen molar-refractivity contribution in [2.24, 2.45) is 0 Å². The molecule has 0 aliphatic heterocycles. The monoisotopic (exact) mass is 337 g/mol. The molecule has 7 nitrogen and oxygen atoms in total. The lowest BCUT2D eigenvalue weighted by molar-refractivity contribution is 0.0519. The van der Waals surface area contributed by atoms with Crippen molar-refractivity contribution in [2.45, 2.75) is 13.5 Å². The summed E-state index contributed by atoms with van der Waals surface area (Å²) in [5.74, 6) is -0.910. The Morgan fingerprint density at radius 3 is 2.96 bits per heavy atom. The van der Waals surface area contributed by atoms with Gasteiger partial charge in [0.1, 0.15) is 5.75 Å². The van der Waals surface area contributed by atoms with E-state index in [0.717, 1.165) is 0 Å². The maximum absolute atomic E-state index is 12.0. The van der Waals surface area contributed by atoms with Gasteiger partial charge in [-0.25, -0.2) is 9.78 Å². The number of nitrogens with zero attached hydrogens (tertiary/aromatic N) is 2. The van der Waals surface area contributed by atoms with Gasteiger partial charge in [-0.2, -0.15) is 0 Å². The van der Waals surface area contributed by atoms with Crippen molar-refractivity contribution in [3.05, 3.63) is 47.0 Å². The number of carbonyl (C=O) groups excluding carboxylic acids is 2. The highest BCUT2D eigenvalue weighted by Crippen LogP contribution is 2.20. The van der Waals surface area contributed by atoms with Gasteiger partial charge >= 0.3 is 5.97 Å². The summed E-state index contributed by atoms with van der Waals surface area (Å²) in [6.07, 6.45) is 3.03. The second-order valence-corrected chi connectivity index (χ2v) is 5.04. The Labute approximate surface area is 137 Å². The van der Waals surface area contributed by atoms with Crippen LogP contribution in [0.2, 0.25) is 5.02 Å². The average Bonchev–Trinajstić information content (AvgIpc) is 2.99. The molecule has 1 amide bonds. The smallest absolute Gasteiger partial charge is 0.358 e. The van der Waals surface area contributed by atoms with Crippen molar-refractivity contribution in [3.63, 3.8) is 0 Å². The fraction of sp³-hybridized carbons (Fsp3) is 0.267. The molecule has 2 rings (SSSR count). The Bertz CT molecular complexity index is 714. The number of phenolic OH excluding ortho intramolecular Hbond substituents is 1. The summed E-state index contributed by atoms with van der Waals surface area (Å²) in [5, 5.41) is 12.3.